The Morgan fingerprint density at radius 3 is 2.65 bits per heavy atom. The maximum Gasteiger partial charge on any atom is 0.335 e. The van der Waals surface area contributed by atoms with E-state index in [1.807, 2.05) is 0 Å². The van der Waals surface area contributed by atoms with Crippen molar-refractivity contribution >= 4 is 5.97 Å². The third-order valence-corrected chi connectivity index (χ3v) is 2.84. The molecule has 20 heavy (non-hydrogen) atoms. The van der Waals surface area contributed by atoms with Gasteiger partial charge in [0, 0.05) is 23.9 Å². The maximum atomic E-state index is 13.8. The van der Waals surface area contributed by atoms with E-state index in [-0.39, 0.29) is 12.1 Å². The summed E-state index contributed by atoms with van der Waals surface area (Å²) in [5.41, 5.74) is -0.280. The monoisotopic (exact) mass is 277 g/mol. The summed E-state index contributed by atoms with van der Waals surface area (Å²) in [6.07, 6.45) is 1.33. The van der Waals surface area contributed by atoms with Crippen LogP contribution in [0.3, 0.4) is 0 Å². The smallest absolute Gasteiger partial charge is 0.335 e. The fourth-order valence-corrected chi connectivity index (χ4v) is 1.74. The Kier molecular flexibility index (Phi) is 3.84. The minimum atomic E-state index is -1.18. The summed E-state index contributed by atoms with van der Waals surface area (Å²) >= 11 is 0. The summed E-state index contributed by atoms with van der Waals surface area (Å²) in [5.74, 6) is -1.27. The average molecular weight is 277 g/mol. The molecule has 5 nitrogen and oxygen atoms in total. The van der Waals surface area contributed by atoms with Crippen LogP contribution in [0.5, 0.6) is 5.75 Å². The van der Waals surface area contributed by atoms with Gasteiger partial charge in [-0.15, -0.1) is 0 Å². The van der Waals surface area contributed by atoms with Gasteiger partial charge in [-0.2, -0.15) is 0 Å². The van der Waals surface area contributed by atoms with Gasteiger partial charge >= 0.3 is 5.97 Å². The van der Waals surface area contributed by atoms with Crippen LogP contribution in [0.4, 0.5) is 4.39 Å². The third-order valence-electron chi connectivity index (χ3n) is 2.84. The van der Waals surface area contributed by atoms with Crippen molar-refractivity contribution in [1.82, 2.24) is 4.57 Å². The quantitative estimate of drug-likeness (QED) is 0.924. The second-order valence-electron chi connectivity index (χ2n) is 4.14. The van der Waals surface area contributed by atoms with E-state index in [1.54, 1.807) is 6.07 Å². The molecule has 104 valence electrons. The SMILES string of the molecule is COc1ccc(Cn2ccc(C(=O)O)cc2=O)c(F)c1. The maximum absolute atomic E-state index is 13.8. The number of carboxylic acid groups (broad SMARTS) is 1. The molecule has 0 aliphatic carbocycles. The Bertz CT molecular complexity index is 709. The molecule has 1 aromatic carbocycles. The summed E-state index contributed by atoms with van der Waals surface area (Å²) in [7, 11) is 1.43. The molecule has 0 aliphatic heterocycles. The zero-order valence-electron chi connectivity index (χ0n) is 10.7. The molecule has 0 amide bonds. The van der Waals surface area contributed by atoms with Gasteiger partial charge in [0.1, 0.15) is 11.6 Å². The summed E-state index contributed by atoms with van der Waals surface area (Å²) in [5, 5.41) is 8.77. The van der Waals surface area contributed by atoms with Crippen LogP contribution < -0.4 is 10.3 Å². The highest BCUT2D eigenvalue weighted by Crippen LogP contribution is 2.16. The molecule has 0 fully saturated rings. The van der Waals surface area contributed by atoms with E-state index in [1.165, 1.54) is 36.1 Å². The largest absolute Gasteiger partial charge is 0.497 e. The molecular weight excluding hydrogens is 265 g/mol. The fourth-order valence-electron chi connectivity index (χ4n) is 1.74. The van der Waals surface area contributed by atoms with Gasteiger partial charge in [0.05, 0.1) is 19.2 Å². The summed E-state index contributed by atoms with van der Waals surface area (Å²) < 4.78 is 19.9. The van der Waals surface area contributed by atoms with Crippen molar-refractivity contribution in [1.29, 1.82) is 0 Å². The molecular formula is C14H12FNO4. The minimum absolute atomic E-state index is 0.0224. The number of ether oxygens (including phenoxy) is 1. The number of benzene rings is 1. The molecule has 1 aromatic heterocycles. The Morgan fingerprint density at radius 2 is 2.10 bits per heavy atom. The number of rotatable bonds is 4. The van der Waals surface area contributed by atoms with Crippen molar-refractivity contribution in [2.45, 2.75) is 6.54 Å². The standard InChI is InChI=1S/C14H12FNO4/c1-20-11-3-2-10(12(15)7-11)8-16-5-4-9(14(18)19)6-13(16)17/h2-7H,8H2,1H3,(H,18,19). The number of aromatic carboxylic acids is 1. The highest BCUT2D eigenvalue weighted by molar-refractivity contribution is 5.87. The highest BCUT2D eigenvalue weighted by atomic mass is 19.1. The molecule has 2 aromatic rings. The van der Waals surface area contributed by atoms with Gasteiger partial charge in [0.2, 0.25) is 0 Å². The molecule has 0 saturated heterocycles. The molecule has 1 heterocycles. The summed E-state index contributed by atoms with van der Waals surface area (Å²) in [6, 6.07) is 6.64. The molecule has 6 heteroatoms. The van der Waals surface area contributed by atoms with Gasteiger partial charge in [-0.05, 0) is 12.1 Å². The molecule has 0 atom stereocenters. The van der Waals surface area contributed by atoms with E-state index >= 15 is 0 Å². The third kappa shape index (κ3) is 2.85. The first-order chi connectivity index (χ1) is 9.51. The van der Waals surface area contributed by atoms with Crippen molar-refractivity contribution in [2.24, 2.45) is 0 Å². The molecule has 0 aliphatic rings. The molecule has 2 rings (SSSR count). The first-order valence-corrected chi connectivity index (χ1v) is 5.77. The van der Waals surface area contributed by atoms with Gasteiger partial charge in [0.25, 0.3) is 5.56 Å². The van der Waals surface area contributed by atoms with Gasteiger partial charge in [-0.3, -0.25) is 4.79 Å². The molecule has 1 N–H and O–H groups in total. The molecule has 0 unspecified atom stereocenters. The van der Waals surface area contributed by atoms with Crippen molar-refractivity contribution < 1.29 is 19.0 Å². The number of nitrogens with zero attached hydrogens (tertiary/aromatic N) is 1. The summed E-state index contributed by atoms with van der Waals surface area (Å²) in [6.45, 7) is 0.0224. The predicted molar refractivity (Wildman–Crippen MR) is 69.7 cm³/mol. The lowest BCUT2D eigenvalue weighted by atomic mass is 10.2. The number of methoxy groups -OCH3 is 1. The van der Waals surface area contributed by atoms with Crippen molar-refractivity contribution in [3.8, 4) is 5.75 Å². The van der Waals surface area contributed by atoms with Crippen LogP contribution in [0.1, 0.15) is 15.9 Å². The molecule has 0 bridgehead atoms. The number of carbonyl (C=O) groups is 1. The lowest BCUT2D eigenvalue weighted by Crippen LogP contribution is -2.21. The van der Waals surface area contributed by atoms with E-state index in [9.17, 15) is 14.0 Å². The van der Waals surface area contributed by atoms with Crippen LogP contribution in [0.15, 0.2) is 41.3 Å². The Balaban J connectivity index is 2.31. The van der Waals surface area contributed by atoms with Crippen LogP contribution >= 0.6 is 0 Å². The number of pyridine rings is 1. The number of aromatic nitrogens is 1. The normalized spacial score (nSPS) is 10.3. The van der Waals surface area contributed by atoms with Crippen LogP contribution in [0, 0.1) is 5.82 Å². The Hall–Kier alpha value is -2.63. The van der Waals surface area contributed by atoms with Crippen LogP contribution in [-0.2, 0) is 6.54 Å². The van der Waals surface area contributed by atoms with Crippen molar-refractivity contribution in [2.75, 3.05) is 7.11 Å². The predicted octanol–water partition coefficient (Wildman–Crippen LogP) is 1.74. The fraction of sp³-hybridized carbons (Fsp3) is 0.143. The molecule has 0 radical (unpaired) electrons. The summed E-state index contributed by atoms with van der Waals surface area (Å²) in [4.78, 5) is 22.5. The topological polar surface area (TPSA) is 68.5 Å². The van der Waals surface area contributed by atoms with Gasteiger partial charge in [-0.1, -0.05) is 6.07 Å². The van der Waals surface area contributed by atoms with Crippen molar-refractivity contribution in [3.05, 3.63) is 63.8 Å². The highest BCUT2D eigenvalue weighted by Gasteiger charge is 2.08. The van der Waals surface area contributed by atoms with Gasteiger partial charge in [-0.25, -0.2) is 9.18 Å². The minimum Gasteiger partial charge on any atom is -0.497 e. The van der Waals surface area contributed by atoms with E-state index in [0.29, 0.717) is 11.3 Å². The van der Waals surface area contributed by atoms with Crippen LogP contribution in [-0.4, -0.2) is 22.8 Å². The Labute approximate surface area is 113 Å². The van der Waals surface area contributed by atoms with Crippen molar-refractivity contribution in [3.63, 3.8) is 0 Å². The van der Waals surface area contributed by atoms with Crippen LogP contribution in [0.25, 0.3) is 0 Å². The average Bonchev–Trinajstić information content (AvgIpc) is 2.42. The first kappa shape index (κ1) is 13.8. The lowest BCUT2D eigenvalue weighted by Gasteiger charge is -2.08. The van der Waals surface area contributed by atoms with E-state index in [2.05, 4.69) is 0 Å². The zero-order valence-corrected chi connectivity index (χ0v) is 10.7. The van der Waals surface area contributed by atoms with E-state index in [0.717, 1.165) is 6.07 Å². The van der Waals surface area contributed by atoms with E-state index in [4.69, 9.17) is 9.84 Å². The first-order valence-electron chi connectivity index (χ1n) is 5.77. The molecule has 0 spiro atoms. The second kappa shape index (κ2) is 5.56. The molecule has 0 saturated carbocycles. The zero-order chi connectivity index (χ0) is 14.7. The number of hydrogen-bond donors (Lipinski definition) is 1. The van der Waals surface area contributed by atoms with E-state index < -0.39 is 17.3 Å². The lowest BCUT2D eigenvalue weighted by molar-refractivity contribution is 0.0696. The van der Waals surface area contributed by atoms with Crippen LogP contribution in [0.2, 0.25) is 0 Å². The second-order valence-corrected chi connectivity index (χ2v) is 4.14. The van der Waals surface area contributed by atoms with Gasteiger partial charge < -0.3 is 14.4 Å². The Morgan fingerprint density at radius 1 is 1.35 bits per heavy atom. The number of carboxylic acids is 1. The number of halogens is 1. The number of hydrogen-bond acceptors (Lipinski definition) is 3. The van der Waals surface area contributed by atoms with Gasteiger partial charge in [0.15, 0.2) is 0 Å².